The predicted octanol–water partition coefficient (Wildman–Crippen LogP) is 2.20. The molecule has 1 rings (SSSR count). The van der Waals surface area contributed by atoms with Crippen LogP contribution in [0.4, 0.5) is 5.82 Å². The van der Waals surface area contributed by atoms with Crippen LogP contribution in [0.3, 0.4) is 0 Å². The first kappa shape index (κ1) is 10.3. The molecule has 0 spiro atoms. The number of rotatable bonds is 4. The Balaban J connectivity index is 2.45. The highest BCUT2D eigenvalue weighted by Gasteiger charge is 2.02. The van der Waals surface area contributed by atoms with E-state index in [2.05, 4.69) is 23.8 Å². The Hall–Kier alpha value is -0.770. The van der Waals surface area contributed by atoms with Crippen molar-refractivity contribution in [1.82, 2.24) is 9.97 Å². The van der Waals surface area contributed by atoms with Gasteiger partial charge in [-0.2, -0.15) is 0 Å². The van der Waals surface area contributed by atoms with Crippen molar-refractivity contribution in [3.63, 3.8) is 0 Å². The van der Waals surface area contributed by atoms with E-state index in [1.165, 1.54) is 6.42 Å². The Bertz CT molecular complexity index is 265. The summed E-state index contributed by atoms with van der Waals surface area (Å²) >= 11 is 1.67. The van der Waals surface area contributed by atoms with Gasteiger partial charge in [-0.15, -0.1) is 0 Å². The molecule has 0 aliphatic rings. The zero-order valence-corrected chi connectivity index (χ0v) is 8.84. The SMILES string of the molecule is CCC(C)CSc1nccc(N)n1. The van der Waals surface area contributed by atoms with E-state index in [-0.39, 0.29) is 0 Å². The lowest BCUT2D eigenvalue weighted by molar-refractivity contribution is 0.636. The molecule has 1 unspecified atom stereocenters. The highest BCUT2D eigenvalue weighted by molar-refractivity contribution is 7.99. The van der Waals surface area contributed by atoms with Crippen molar-refractivity contribution in [3.8, 4) is 0 Å². The Morgan fingerprint density at radius 2 is 2.38 bits per heavy atom. The molecule has 0 aliphatic carbocycles. The molecular weight excluding hydrogens is 182 g/mol. The first-order chi connectivity index (χ1) is 6.22. The largest absolute Gasteiger partial charge is 0.384 e. The van der Waals surface area contributed by atoms with Gasteiger partial charge in [0.1, 0.15) is 5.82 Å². The van der Waals surface area contributed by atoms with Crippen LogP contribution in [0, 0.1) is 5.92 Å². The molecule has 0 aliphatic heterocycles. The van der Waals surface area contributed by atoms with Gasteiger partial charge in [0.15, 0.2) is 5.16 Å². The molecule has 0 fully saturated rings. The average molecular weight is 197 g/mol. The molecule has 72 valence electrons. The summed E-state index contributed by atoms with van der Waals surface area (Å²) in [6.07, 6.45) is 2.89. The van der Waals surface area contributed by atoms with Gasteiger partial charge in [-0.25, -0.2) is 9.97 Å². The van der Waals surface area contributed by atoms with Gasteiger partial charge in [-0.05, 0) is 12.0 Å². The number of nitrogens with zero attached hydrogens (tertiary/aromatic N) is 2. The quantitative estimate of drug-likeness (QED) is 0.594. The van der Waals surface area contributed by atoms with Crippen molar-refractivity contribution in [1.29, 1.82) is 0 Å². The standard InChI is InChI=1S/C9H15N3S/c1-3-7(2)6-13-9-11-5-4-8(10)12-9/h4-5,7H,3,6H2,1-2H3,(H2,10,11,12). The molecule has 2 N–H and O–H groups in total. The van der Waals surface area contributed by atoms with Crippen LogP contribution in [-0.2, 0) is 0 Å². The van der Waals surface area contributed by atoms with Gasteiger partial charge in [0, 0.05) is 11.9 Å². The maximum absolute atomic E-state index is 5.53. The number of thioether (sulfide) groups is 1. The Morgan fingerprint density at radius 1 is 1.62 bits per heavy atom. The van der Waals surface area contributed by atoms with E-state index >= 15 is 0 Å². The highest BCUT2D eigenvalue weighted by atomic mass is 32.2. The normalized spacial score (nSPS) is 12.8. The van der Waals surface area contributed by atoms with Crippen LogP contribution in [0.2, 0.25) is 0 Å². The summed E-state index contributed by atoms with van der Waals surface area (Å²) in [6, 6.07) is 1.70. The number of aromatic nitrogens is 2. The Kier molecular flexibility index (Phi) is 4.02. The summed E-state index contributed by atoms with van der Waals surface area (Å²) in [4.78, 5) is 8.23. The summed E-state index contributed by atoms with van der Waals surface area (Å²) in [5.74, 6) is 2.30. The van der Waals surface area contributed by atoms with Gasteiger partial charge in [0.2, 0.25) is 0 Å². The van der Waals surface area contributed by atoms with Gasteiger partial charge in [0.05, 0.1) is 0 Å². The van der Waals surface area contributed by atoms with Gasteiger partial charge in [0.25, 0.3) is 0 Å². The molecule has 1 atom stereocenters. The Labute approximate surface area is 83.2 Å². The number of nitrogen functional groups attached to an aromatic ring is 1. The second-order valence-corrected chi connectivity index (χ2v) is 4.08. The molecule has 1 aromatic heterocycles. The van der Waals surface area contributed by atoms with Crippen LogP contribution >= 0.6 is 11.8 Å². The van der Waals surface area contributed by atoms with E-state index in [9.17, 15) is 0 Å². The molecule has 0 bridgehead atoms. The van der Waals surface area contributed by atoms with Crippen molar-refractivity contribution in [2.24, 2.45) is 5.92 Å². The zero-order chi connectivity index (χ0) is 9.68. The number of nitrogens with two attached hydrogens (primary N) is 1. The van der Waals surface area contributed by atoms with Crippen LogP contribution < -0.4 is 5.73 Å². The van der Waals surface area contributed by atoms with Crippen LogP contribution in [0.1, 0.15) is 20.3 Å². The molecule has 0 aromatic carbocycles. The average Bonchev–Trinajstić information content (AvgIpc) is 2.14. The zero-order valence-electron chi connectivity index (χ0n) is 8.03. The molecule has 0 amide bonds. The number of hydrogen-bond acceptors (Lipinski definition) is 4. The van der Waals surface area contributed by atoms with Crippen LogP contribution in [0.15, 0.2) is 17.4 Å². The summed E-state index contributed by atoms with van der Waals surface area (Å²) in [5.41, 5.74) is 5.53. The smallest absolute Gasteiger partial charge is 0.189 e. The van der Waals surface area contributed by atoms with E-state index in [0.29, 0.717) is 11.7 Å². The van der Waals surface area contributed by atoms with E-state index in [1.54, 1.807) is 24.0 Å². The van der Waals surface area contributed by atoms with E-state index in [1.807, 2.05) is 0 Å². The molecule has 1 aromatic rings. The summed E-state index contributed by atoms with van der Waals surface area (Å²) < 4.78 is 0. The minimum absolute atomic E-state index is 0.543. The fourth-order valence-corrected chi connectivity index (χ4v) is 1.73. The van der Waals surface area contributed by atoms with Gasteiger partial charge in [-0.3, -0.25) is 0 Å². The third-order valence-corrected chi connectivity index (χ3v) is 3.04. The summed E-state index contributed by atoms with van der Waals surface area (Å²) in [6.45, 7) is 4.41. The lowest BCUT2D eigenvalue weighted by atomic mass is 10.2. The van der Waals surface area contributed by atoms with Crippen LogP contribution in [0.25, 0.3) is 0 Å². The van der Waals surface area contributed by atoms with Crippen LogP contribution in [-0.4, -0.2) is 15.7 Å². The second kappa shape index (κ2) is 5.07. The molecule has 0 radical (unpaired) electrons. The third-order valence-electron chi connectivity index (χ3n) is 1.85. The van der Waals surface area contributed by atoms with Crippen molar-refractivity contribution >= 4 is 17.6 Å². The molecule has 1 heterocycles. The maximum Gasteiger partial charge on any atom is 0.189 e. The van der Waals surface area contributed by atoms with Crippen molar-refractivity contribution in [2.45, 2.75) is 25.4 Å². The van der Waals surface area contributed by atoms with E-state index < -0.39 is 0 Å². The molecule has 0 saturated carbocycles. The number of hydrogen-bond donors (Lipinski definition) is 1. The second-order valence-electron chi connectivity index (χ2n) is 3.09. The highest BCUT2D eigenvalue weighted by Crippen LogP contribution is 2.18. The minimum atomic E-state index is 0.543. The van der Waals surface area contributed by atoms with Gasteiger partial charge in [-0.1, -0.05) is 32.0 Å². The van der Waals surface area contributed by atoms with E-state index in [4.69, 9.17) is 5.73 Å². The van der Waals surface area contributed by atoms with Gasteiger partial charge >= 0.3 is 0 Å². The lowest BCUT2D eigenvalue weighted by Crippen LogP contribution is -1.98. The van der Waals surface area contributed by atoms with E-state index in [0.717, 1.165) is 10.9 Å². The topological polar surface area (TPSA) is 51.8 Å². The summed E-state index contributed by atoms with van der Waals surface area (Å²) in [5, 5.41) is 0.778. The molecule has 3 nitrogen and oxygen atoms in total. The predicted molar refractivity (Wildman–Crippen MR) is 56.6 cm³/mol. The fourth-order valence-electron chi connectivity index (χ4n) is 0.758. The van der Waals surface area contributed by atoms with Gasteiger partial charge < -0.3 is 5.73 Å². The molecular formula is C9H15N3S. The van der Waals surface area contributed by atoms with Crippen molar-refractivity contribution in [3.05, 3.63) is 12.3 Å². The first-order valence-electron chi connectivity index (χ1n) is 4.43. The molecule has 4 heteroatoms. The molecule has 0 saturated heterocycles. The maximum atomic E-state index is 5.53. The first-order valence-corrected chi connectivity index (χ1v) is 5.42. The third kappa shape index (κ3) is 3.63. The minimum Gasteiger partial charge on any atom is -0.384 e. The monoisotopic (exact) mass is 197 g/mol. The van der Waals surface area contributed by atoms with Crippen molar-refractivity contribution < 1.29 is 0 Å². The molecule has 13 heavy (non-hydrogen) atoms. The van der Waals surface area contributed by atoms with Crippen LogP contribution in [0.5, 0.6) is 0 Å². The van der Waals surface area contributed by atoms with Crippen molar-refractivity contribution in [2.75, 3.05) is 11.5 Å². The lowest BCUT2D eigenvalue weighted by Gasteiger charge is -2.05. The Morgan fingerprint density at radius 3 is 3.00 bits per heavy atom. The summed E-state index contributed by atoms with van der Waals surface area (Å²) in [7, 11) is 0. The number of anilines is 1. The fraction of sp³-hybridized carbons (Fsp3) is 0.556.